The SMILES string of the molecule is NCC(=O)c1cnc(CC2(c3cccc(F)c3)CC2)nc1.O=C(CNC(=O)C(F)F)c1cnc(CC2(c3cccc(F)c3)CC2)nc1. The van der Waals surface area contributed by atoms with E-state index in [0.717, 1.165) is 36.8 Å². The summed E-state index contributed by atoms with van der Waals surface area (Å²) in [4.78, 5) is 50.9. The third-order valence-electron chi connectivity index (χ3n) is 8.44. The smallest absolute Gasteiger partial charge is 0.315 e. The van der Waals surface area contributed by atoms with Gasteiger partial charge >= 0.3 is 6.43 Å². The van der Waals surface area contributed by atoms with Gasteiger partial charge in [0.1, 0.15) is 23.3 Å². The molecule has 0 bridgehead atoms. The molecule has 1 amide bonds. The van der Waals surface area contributed by atoms with Crippen molar-refractivity contribution in [3.63, 3.8) is 0 Å². The largest absolute Gasteiger partial charge is 0.344 e. The number of ketones is 2. The summed E-state index contributed by atoms with van der Waals surface area (Å²) in [5.41, 5.74) is 7.51. The minimum Gasteiger partial charge on any atom is -0.344 e. The van der Waals surface area contributed by atoms with Gasteiger partial charge in [-0.3, -0.25) is 14.4 Å². The zero-order valence-corrected chi connectivity index (χ0v) is 25.3. The van der Waals surface area contributed by atoms with Crippen LogP contribution in [-0.2, 0) is 28.5 Å². The second-order valence-corrected chi connectivity index (χ2v) is 11.8. The zero-order valence-electron chi connectivity index (χ0n) is 25.3. The molecule has 2 aliphatic rings. The number of carbonyl (C=O) groups is 3. The minimum absolute atomic E-state index is 0.0457. The van der Waals surface area contributed by atoms with Crippen molar-refractivity contribution in [2.75, 3.05) is 13.1 Å². The molecule has 2 aromatic heterocycles. The number of hydrogen-bond donors (Lipinski definition) is 2. The Balaban J connectivity index is 0.000000189. The quantitative estimate of drug-likeness (QED) is 0.169. The maximum atomic E-state index is 13.4. The number of nitrogens with one attached hydrogen (secondary N) is 1. The maximum absolute atomic E-state index is 13.4. The molecule has 0 aliphatic heterocycles. The molecule has 2 saturated carbocycles. The van der Waals surface area contributed by atoms with Crippen LogP contribution in [0.1, 0.15) is 69.2 Å². The summed E-state index contributed by atoms with van der Waals surface area (Å²) in [5, 5.41) is 1.84. The molecule has 244 valence electrons. The number of halogens is 4. The van der Waals surface area contributed by atoms with Crippen LogP contribution in [0, 0.1) is 11.6 Å². The molecule has 0 spiro atoms. The second-order valence-electron chi connectivity index (χ2n) is 11.8. The number of amides is 1. The Bertz CT molecular complexity index is 1740. The van der Waals surface area contributed by atoms with E-state index in [0.29, 0.717) is 30.1 Å². The highest BCUT2D eigenvalue weighted by molar-refractivity contribution is 5.99. The molecule has 13 heteroatoms. The monoisotopic (exact) mass is 648 g/mol. The average molecular weight is 649 g/mol. The predicted molar refractivity (Wildman–Crippen MR) is 163 cm³/mol. The van der Waals surface area contributed by atoms with Crippen LogP contribution in [0.2, 0.25) is 0 Å². The molecule has 47 heavy (non-hydrogen) atoms. The van der Waals surface area contributed by atoms with Crippen LogP contribution in [0.3, 0.4) is 0 Å². The third-order valence-corrected chi connectivity index (χ3v) is 8.44. The molecule has 6 rings (SSSR count). The molecule has 0 atom stereocenters. The Kier molecular flexibility index (Phi) is 10.1. The fourth-order valence-corrected chi connectivity index (χ4v) is 5.32. The zero-order chi connectivity index (χ0) is 33.6. The maximum Gasteiger partial charge on any atom is 0.315 e. The van der Waals surface area contributed by atoms with Crippen molar-refractivity contribution in [2.24, 2.45) is 5.73 Å². The van der Waals surface area contributed by atoms with Crippen LogP contribution in [0.5, 0.6) is 0 Å². The van der Waals surface area contributed by atoms with E-state index in [1.165, 1.54) is 43.0 Å². The number of benzene rings is 2. The summed E-state index contributed by atoms with van der Waals surface area (Å²) in [6, 6.07) is 13.2. The fraction of sp³-hybridized carbons (Fsp3) is 0.324. The van der Waals surface area contributed by atoms with Crippen molar-refractivity contribution in [3.8, 4) is 0 Å². The first-order chi connectivity index (χ1) is 22.5. The van der Waals surface area contributed by atoms with Crippen LogP contribution >= 0.6 is 0 Å². The lowest BCUT2D eigenvalue weighted by atomic mass is 9.92. The van der Waals surface area contributed by atoms with Gasteiger partial charge in [-0.05, 0) is 61.1 Å². The molecule has 2 aliphatic carbocycles. The summed E-state index contributed by atoms with van der Waals surface area (Å²) >= 11 is 0. The van der Waals surface area contributed by atoms with Crippen LogP contribution in [0.15, 0.2) is 73.3 Å². The normalized spacial score (nSPS) is 15.3. The molecule has 3 N–H and O–H groups in total. The van der Waals surface area contributed by atoms with Gasteiger partial charge in [0, 0.05) is 48.5 Å². The standard InChI is InChI=1S/C18H16F3N3O2.C16H16FN3O/c19-13-3-1-2-12(6-13)18(4-5-18)7-15-22-8-11(9-23-15)14(25)10-24-17(26)16(20)21;17-13-3-1-2-12(6-13)16(4-5-16)7-15-19-9-11(10-20-15)14(21)8-18/h1-3,6,8-9,16H,4-5,7,10H2,(H,24,26);1-3,6,9-10H,4-5,7-8,18H2. The Morgan fingerprint density at radius 3 is 1.51 bits per heavy atom. The van der Waals surface area contributed by atoms with Gasteiger partial charge in [0.05, 0.1) is 24.2 Å². The molecule has 2 aromatic carbocycles. The van der Waals surface area contributed by atoms with Gasteiger partial charge in [0.25, 0.3) is 5.91 Å². The molecular weight excluding hydrogens is 616 g/mol. The molecule has 2 heterocycles. The van der Waals surface area contributed by atoms with Gasteiger partial charge in [-0.15, -0.1) is 0 Å². The highest BCUT2D eigenvalue weighted by Crippen LogP contribution is 2.51. The van der Waals surface area contributed by atoms with E-state index in [9.17, 15) is 31.9 Å². The molecule has 0 radical (unpaired) electrons. The number of aromatic nitrogens is 4. The van der Waals surface area contributed by atoms with Gasteiger partial charge in [-0.1, -0.05) is 24.3 Å². The number of Topliss-reactive ketones (excluding diaryl/α,β-unsaturated/α-hetero) is 2. The lowest BCUT2D eigenvalue weighted by Crippen LogP contribution is -2.34. The first-order valence-corrected chi connectivity index (χ1v) is 15.0. The van der Waals surface area contributed by atoms with Crippen LogP contribution in [0.4, 0.5) is 17.6 Å². The molecule has 0 saturated heterocycles. The minimum atomic E-state index is -3.17. The van der Waals surface area contributed by atoms with Crippen molar-refractivity contribution >= 4 is 17.5 Å². The Morgan fingerprint density at radius 1 is 0.723 bits per heavy atom. The predicted octanol–water partition coefficient (Wildman–Crippen LogP) is 4.49. The lowest BCUT2D eigenvalue weighted by Gasteiger charge is -2.15. The van der Waals surface area contributed by atoms with E-state index in [1.54, 1.807) is 18.2 Å². The van der Waals surface area contributed by atoms with Gasteiger partial charge < -0.3 is 11.1 Å². The fourth-order valence-electron chi connectivity index (χ4n) is 5.32. The second kappa shape index (κ2) is 14.2. The van der Waals surface area contributed by atoms with Crippen molar-refractivity contribution < 1.29 is 31.9 Å². The molecule has 0 unspecified atom stereocenters. The molecule has 4 aromatic rings. The summed E-state index contributed by atoms with van der Waals surface area (Å²) in [6.45, 7) is -0.588. The number of alkyl halides is 2. The van der Waals surface area contributed by atoms with Crippen molar-refractivity contribution in [1.82, 2.24) is 25.3 Å². The number of rotatable bonds is 12. The van der Waals surface area contributed by atoms with Crippen LogP contribution < -0.4 is 11.1 Å². The van der Waals surface area contributed by atoms with Crippen LogP contribution in [-0.4, -0.2) is 56.9 Å². The van der Waals surface area contributed by atoms with Crippen molar-refractivity contribution in [2.45, 2.75) is 55.8 Å². The Morgan fingerprint density at radius 2 is 1.15 bits per heavy atom. The van der Waals surface area contributed by atoms with E-state index in [-0.39, 0.29) is 40.4 Å². The van der Waals surface area contributed by atoms with E-state index in [2.05, 4.69) is 19.9 Å². The van der Waals surface area contributed by atoms with E-state index in [1.807, 2.05) is 17.4 Å². The highest BCUT2D eigenvalue weighted by Gasteiger charge is 2.46. The van der Waals surface area contributed by atoms with Gasteiger partial charge in [-0.25, -0.2) is 28.7 Å². The first kappa shape index (κ1) is 33.5. The number of carbonyl (C=O) groups excluding carboxylic acids is 3. The Labute approximate surface area is 268 Å². The highest BCUT2D eigenvalue weighted by atomic mass is 19.3. The van der Waals surface area contributed by atoms with Crippen LogP contribution in [0.25, 0.3) is 0 Å². The summed E-state index contributed by atoms with van der Waals surface area (Å²) < 4.78 is 51.0. The van der Waals surface area contributed by atoms with Gasteiger partial charge in [-0.2, -0.15) is 8.78 Å². The summed E-state index contributed by atoms with van der Waals surface area (Å²) in [6.07, 6.45) is 7.46. The summed E-state index contributed by atoms with van der Waals surface area (Å²) in [7, 11) is 0. The first-order valence-electron chi connectivity index (χ1n) is 15.0. The summed E-state index contributed by atoms with van der Waals surface area (Å²) in [5.74, 6) is -1.55. The van der Waals surface area contributed by atoms with Crippen molar-refractivity contribution in [1.29, 1.82) is 0 Å². The van der Waals surface area contributed by atoms with E-state index >= 15 is 0 Å². The lowest BCUT2D eigenvalue weighted by molar-refractivity contribution is -0.131. The van der Waals surface area contributed by atoms with Crippen molar-refractivity contribution in [3.05, 3.63) is 119 Å². The number of nitrogens with zero attached hydrogens (tertiary/aromatic N) is 4. The van der Waals surface area contributed by atoms with E-state index < -0.39 is 24.7 Å². The topological polar surface area (TPSA) is 141 Å². The third kappa shape index (κ3) is 8.47. The number of hydrogen-bond acceptors (Lipinski definition) is 8. The van der Waals surface area contributed by atoms with Gasteiger partial charge in [0.2, 0.25) is 0 Å². The molecular formula is C34H32F4N6O3. The number of nitrogens with two attached hydrogens (primary N) is 1. The van der Waals surface area contributed by atoms with Gasteiger partial charge in [0.15, 0.2) is 11.6 Å². The average Bonchev–Trinajstić information content (AvgIpc) is 4.02. The molecule has 9 nitrogen and oxygen atoms in total. The van der Waals surface area contributed by atoms with E-state index in [4.69, 9.17) is 5.73 Å². The molecule has 2 fully saturated rings. The Hall–Kier alpha value is -4.91.